The minimum absolute atomic E-state index is 0.259. The van der Waals surface area contributed by atoms with Gasteiger partial charge in [0, 0.05) is 23.5 Å². The minimum atomic E-state index is -0.528. The van der Waals surface area contributed by atoms with Crippen LogP contribution in [-0.2, 0) is 4.74 Å². The molecule has 0 aliphatic rings. The first-order valence-electron chi connectivity index (χ1n) is 9.57. The average molecular weight is 404 g/mol. The molecular formula is C23H24N4O3. The van der Waals surface area contributed by atoms with Gasteiger partial charge >= 0.3 is 6.09 Å². The van der Waals surface area contributed by atoms with Gasteiger partial charge < -0.3 is 21.1 Å². The second-order valence-corrected chi connectivity index (χ2v) is 6.86. The molecule has 3 aromatic rings. The lowest BCUT2D eigenvalue weighted by atomic mass is 10.1. The van der Waals surface area contributed by atoms with Gasteiger partial charge in [-0.2, -0.15) is 0 Å². The number of anilines is 2. The summed E-state index contributed by atoms with van der Waals surface area (Å²) in [5.74, 6) is -0.259. The van der Waals surface area contributed by atoms with Gasteiger partial charge in [-0.1, -0.05) is 30.3 Å². The molecule has 30 heavy (non-hydrogen) atoms. The van der Waals surface area contributed by atoms with Crippen LogP contribution in [0.5, 0.6) is 0 Å². The normalized spacial score (nSPS) is 12.5. The topological polar surface area (TPSA) is 106 Å². The van der Waals surface area contributed by atoms with Crippen molar-refractivity contribution in [2.45, 2.75) is 26.0 Å². The molecule has 3 rings (SSSR count). The number of nitrogens with one attached hydrogen (secondary N) is 2. The number of nitrogen functional groups attached to an aromatic ring is 1. The van der Waals surface area contributed by atoms with Crippen molar-refractivity contribution in [1.29, 1.82) is 0 Å². The number of nitrogens with zero attached hydrogens (tertiary/aromatic N) is 1. The number of benzene rings is 2. The number of rotatable bonds is 6. The summed E-state index contributed by atoms with van der Waals surface area (Å²) in [6.45, 7) is 3.63. The lowest BCUT2D eigenvalue weighted by Crippen LogP contribution is -2.28. The Bertz CT molecular complexity index is 1010. The number of hydrogen-bond donors (Lipinski definition) is 3. The van der Waals surface area contributed by atoms with E-state index in [-0.39, 0.29) is 11.9 Å². The number of amides is 2. The molecule has 7 heteroatoms. The van der Waals surface area contributed by atoms with E-state index in [1.54, 1.807) is 73.9 Å². The fraction of sp³-hybridized carbons (Fsp3) is 0.174. The maximum Gasteiger partial charge on any atom is 0.408 e. The first-order chi connectivity index (χ1) is 14.4. The van der Waals surface area contributed by atoms with Crippen LogP contribution < -0.4 is 16.4 Å². The Morgan fingerprint density at radius 1 is 0.967 bits per heavy atom. The lowest BCUT2D eigenvalue weighted by Gasteiger charge is -2.18. The zero-order chi connectivity index (χ0) is 21.5. The minimum Gasteiger partial charge on any atom is -0.442 e. The fourth-order valence-corrected chi connectivity index (χ4v) is 2.87. The summed E-state index contributed by atoms with van der Waals surface area (Å²) in [6.07, 6.45) is 2.38. The molecule has 7 nitrogen and oxygen atoms in total. The van der Waals surface area contributed by atoms with Crippen molar-refractivity contribution in [1.82, 2.24) is 10.3 Å². The Morgan fingerprint density at radius 2 is 1.70 bits per heavy atom. The molecule has 2 aromatic carbocycles. The SMILES string of the molecule is C[C@H](NC(=O)O[C@@H](C)c1cccnc1)c1ccc(C(=O)Nc2ccccc2N)cc1. The molecule has 0 saturated heterocycles. The number of carbonyl (C=O) groups is 2. The van der Waals surface area contributed by atoms with Crippen molar-refractivity contribution in [3.05, 3.63) is 89.7 Å². The van der Waals surface area contributed by atoms with Crippen LogP contribution in [0.25, 0.3) is 0 Å². The number of ether oxygens (including phenoxy) is 1. The number of nitrogens with two attached hydrogens (primary N) is 1. The Hall–Kier alpha value is -3.87. The van der Waals surface area contributed by atoms with Crippen LogP contribution in [0, 0.1) is 0 Å². The number of para-hydroxylation sites is 2. The largest absolute Gasteiger partial charge is 0.442 e. The van der Waals surface area contributed by atoms with Crippen LogP contribution in [0.3, 0.4) is 0 Å². The van der Waals surface area contributed by atoms with Gasteiger partial charge in [-0.15, -0.1) is 0 Å². The predicted molar refractivity (Wildman–Crippen MR) is 116 cm³/mol. The summed E-state index contributed by atoms with van der Waals surface area (Å²) in [4.78, 5) is 28.6. The number of pyridine rings is 1. The summed E-state index contributed by atoms with van der Waals surface area (Å²) in [5, 5.41) is 5.58. The monoisotopic (exact) mass is 404 g/mol. The molecule has 0 radical (unpaired) electrons. The Morgan fingerprint density at radius 3 is 2.37 bits per heavy atom. The van der Waals surface area contributed by atoms with Crippen LogP contribution in [0.1, 0.15) is 47.5 Å². The van der Waals surface area contributed by atoms with E-state index in [9.17, 15) is 9.59 Å². The van der Waals surface area contributed by atoms with E-state index in [0.29, 0.717) is 16.9 Å². The van der Waals surface area contributed by atoms with Gasteiger partial charge in [0.2, 0.25) is 0 Å². The maximum atomic E-state index is 12.4. The number of alkyl carbamates (subject to hydrolysis) is 1. The van der Waals surface area contributed by atoms with Gasteiger partial charge in [-0.3, -0.25) is 9.78 Å². The highest BCUT2D eigenvalue weighted by atomic mass is 16.6. The Balaban J connectivity index is 1.56. The lowest BCUT2D eigenvalue weighted by molar-refractivity contribution is 0.102. The third-order valence-corrected chi connectivity index (χ3v) is 4.65. The van der Waals surface area contributed by atoms with Crippen molar-refractivity contribution in [3.63, 3.8) is 0 Å². The molecule has 4 N–H and O–H groups in total. The summed E-state index contributed by atoms with van der Waals surface area (Å²) in [7, 11) is 0. The predicted octanol–water partition coefficient (Wildman–Crippen LogP) is 4.46. The molecule has 2 atom stereocenters. The highest BCUT2D eigenvalue weighted by Gasteiger charge is 2.15. The van der Waals surface area contributed by atoms with Gasteiger partial charge in [0.05, 0.1) is 17.4 Å². The molecule has 154 valence electrons. The van der Waals surface area contributed by atoms with E-state index in [0.717, 1.165) is 11.1 Å². The van der Waals surface area contributed by atoms with Gasteiger partial charge in [-0.25, -0.2) is 4.79 Å². The van der Waals surface area contributed by atoms with Gasteiger partial charge in [0.1, 0.15) is 6.10 Å². The molecule has 1 heterocycles. The molecule has 0 aliphatic carbocycles. The molecule has 1 aromatic heterocycles. The third-order valence-electron chi connectivity index (χ3n) is 4.65. The van der Waals surface area contributed by atoms with E-state index < -0.39 is 12.2 Å². The first kappa shape index (κ1) is 20.9. The van der Waals surface area contributed by atoms with E-state index in [4.69, 9.17) is 10.5 Å². The second-order valence-electron chi connectivity index (χ2n) is 6.86. The Kier molecular flexibility index (Phi) is 6.64. The van der Waals surface area contributed by atoms with E-state index >= 15 is 0 Å². The highest BCUT2D eigenvalue weighted by Crippen LogP contribution is 2.20. The average Bonchev–Trinajstić information content (AvgIpc) is 2.76. The molecule has 0 unspecified atom stereocenters. The van der Waals surface area contributed by atoms with Crippen molar-refractivity contribution in [2.24, 2.45) is 0 Å². The number of carbonyl (C=O) groups excluding carboxylic acids is 2. The van der Waals surface area contributed by atoms with Crippen LogP contribution >= 0.6 is 0 Å². The third kappa shape index (κ3) is 5.35. The maximum absolute atomic E-state index is 12.4. The van der Waals surface area contributed by atoms with Crippen molar-refractivity contribution >= 4 is 23.4 Å². The van der Waals surface area contributed by atoms with E-state index in [1.165, 1.54) is 0 Å². The van der Waals surface area contributed by atoms with Crippen molar-refractivity contribution in [2.75, 3.05) is 11.1 Å². The molecular weight excluding hydrogens is 380 g/mol. The molecule has 0 aliphatic heterocycles. The standard InChI is InChI=1S/C23H24N4O3/c1-15(26-23(29)30-16(2)19-6-5-13-25-14-19)17-9-11-18(12-10-17)22(28)27-21-8-4-3-7-20(21)24/h3-16H,24H2,1-2H3,(H,26,29)(H,27,28)/t15-,16-/m0/s1. The fourth-order valence-electron chi connectivity index (χ4n) is 2.87. The van der Waals surface area contributed by atoms with E-state index in [1.807, 2.05) is 13.0 Å². The quantitative estimate of drug-likeness (QED) is 0.526. The highest BCUT2D eigenvalue weighted by molar-refractivity contribution is 6.05. The van der Waals surface area contributed by atoms with Crippen LogP contribution in [0.15, 0.2) is 73.1 Å². The Labute approximate surface area is 175 Å². The first-order valence-corrected chi connectivity index (χ1v) is 9.57. The van der Waals surface area contributed by atoms with Gasteiger partial charge in [0.15, 0.2) is 0 Å². The smallest absolute Gasteiger partial charge is 0.408 e. The molecule has 0 bridgehead atoms. The van der Waals surface area contributed by atoms with E-state index in [2.05, 4.69) is 15.6 Å². The zero-order valence-corrected chi connectivity index (χ0v) is 16.8. The van der Waals surface area contributed by atoms with Crippen LogP contribution in [0.2, 0.25) is 0 Å². The molecule has 0 saturated carbocycles. The summed E-state index contributed by atoms with van der Waals surface area (Å²) in [6, 6.07) is 17.4. The van der Waals surface area contributed by atoms with Crippen molar-refractivity contribution in [3.8, 4) is 0 Å². The van der Waals surface area contributed by atoms with Gasteiger partial charge in [-0.05, 0) is 49.7 Å². The summed E-state index contributed by atoms with van der Waals surface area (Å²) >= 11 is 0. The summed E-state index contributed by atoms with van der Waals surface area (Å²) < 4.78 is 5.40. The second kappa shape index (κ2) is 9.56. The van der Waals surface area contributed by atoms with Crippen LogP contribution in [0.4, 0.5) is 16.2 Å². The van der Waals surface area contributed by atoms with Gasteiger partial charge in [0.25, 0.3) is 5.91 Å². The van der Waals surface area contributed by atoms with Crippen molar-refractivity contribution < 1.29 is 14.3 Å². The molecule has 2 amide bonds. The number of hydrogen-bond acceptors (Lipinski definition) is 5. The molecule has 0 spiro atoms. The van der Waals surface area contributed by atoms with Crippen LogP contribution in [-0.4, -0.2) is 17.0 Å². The zero-order valence-electron chi connectivity index (χ0n) is 16.8. The number of aromatic nitrogens is 1. The molecule has 0 fully saturated rings. The summed E-state index contributed by atoms with van der Waals surface area (Å²) in [5.41, 5.74) is 9.07.